The summed E-state index contributed by atoms with van der Waals surface area (Å²) in [5.74, 6) is 0.0358. The summed E-state index contributed by atoms with van der Waals surface area (Å²) < 4.78 is 5.06. The first-order valence-corrected chi connectivity index (χ1v) is 6.86. The number of carbonyl (C=O) groups excluding carboxylic acids is 1. The van der Waals surface area contributed by atoms with Crippen LogP contribution in [0.2, 0.25) is 0 Å². The largest absolute Gasteiger partial charge is 0.383 e. The number of hydrogen-bond acceptors (Lipinski definition) is 3. The topological polar surface area (TPSA) is 41.6 Å². The van der Waals surface area contributed by atoms with E-state index in [2.05, 4.69) is 11.9 Å². The van der Waals surface area contributed by atoms with Gasteiger partial charge < -0.3 is 15.0 Å². The van der Waals surface area contributed by atoms with Gasteiger partial charge in [-0.05, 0) is 31.6 Å². The van der Waals surface area contributed by atoms with Crippen LogP contribution in [0.4, 0.5) is 0 Å². The highest BCUT2D eigenvalue weighted by atomic mass is 16.5. The van der Waals surface area contributed by atoms with Crippen molar-refractivity contribution < 1.29 is 9.53 Å². The molecule has 1 rings (SSSR count). The number of likely N-dealkylation sites (N-methyl/N-ethyl adjacent to an activating group) is 1. The summed E-state index contributed by atoms with van der Waals surface area (Å²) in [5.41, 5.74) is 1.83. The highest BCUT2D eigenvalue weighted by Gasteiger charge is 2.17. The molecule has 0 fully saturated rings. The van der Waals surface area contributed by atoms with E-state index in [9.17, 15) is 4.79 Å². The molecule has 0 aliphatic carbocycles. The van der Waals surface area contributed by atoms with E-state index < -0.39 is 0 Å². The molecule has 0 bridgehead atoms. The van der Waals surface area contributed by atoms with Crippen molar-refractivity contribution in [2.75, 3.05) is 40.4 Å². The lowest BCUT2D eigenvalue weighted by Crippen LogP contribution is -2.34. The molecule has 4 heteroatoms. The summed E-state index contributed by atoms with van der Waals surface area (Å²) in [7, 11) is 3.55. The predicted molar refractivity (Wildman–Crippen MR) is 82.0 cm³/mol. The molecular formula is C16H24N2O2. The predicted octanol–water partition coefficient (Wildman–Crippen LogP) is 1.72. The minimum atomic E-state index is 0.0358. The van der Waals surface area contributed by atoms with Gasteiger partial charge in [0.1, 0.15) is 0 Å². The van der Waals surface area contributed by atoms with Crippen LogP contribution in [0.25, 0.3) is 0 Å². The van der Waals surface area contributed by atoms with Crippen molar-refractivity contribution in [3.63, 3.8) is 0 Å². The summed E-state index contributed by atoms with van der Waals surface area (Å²) in [6.45, 7) is 6.19. The lowest BCUT2D eigenvalue weighted by Gasteiger charge is -2.22. The van der Waals surface area contributed by atoms with Gasteiger partial charge in [-0.3, -0.25) is 4.79 Å². The Labute approximate surface area is 121 Å². The molecule has 0 saturated heterocycles. The molecule has 1 aromatic rings. The van der Waals surface area contributed by atoms with E-state index in [1.807, 2.05) is 31.3 Å². The maximum atomic E-state index is 12.6. The first-order chi connectivity index (χ1) is 9.74. The smallest absolute Gasteiger partial charge is 0.254 e. The molecule has 0 radical (unpaired) electrons. The van der Waals surface area contributed by atoms with Crippen LogP contribution in [0.15, 0.2) is 36.9 Å². The average Bonchev–Trinajstić information content (AvgIpc) is 2.49. The number of rotatable bonds is 9. The molecule has 20 heavy (non-hydrogen) atoms. The third-order valence-electron chi connectivity index (χ3n) is 3.09. The number of hydrogen-bond donors (Lipinski definition) is 1. The Hall–Kier alpha value is -1.65. The standard InChI is InChI=1S/C16H24N2O2/c1-4-11-18(12-13-20-3)16(19)15-8-6-5-7-14(15)9-10-17-2/h4-8,17H,1,9-13H2,2-3H3. The molecule has 0 aromatic heterocycles. The molecule has 0 aliphatic heterocycles. The molecule has 110 valence electrons. The molecule has 1 amide bonds. The highest BCUT2D eigenvalue weighted by molar-refractivity contribution is 5.95. The molecule has 1 aromatic carbocycles. The van der Waals surface area contributed by atoms with Crippen molar-refractivity contribution in [2.45, 2.75) is 6.42 Å². The van der Waals surface area contributed by atoms with Crippen LogP contribution in [0.3, 0.4) is 0 Å². The van der Waals surface area contributed by atoms with Crippen LogP contribution in [0.1, 0.15) is 15.9 Å². The van der Waals surface area contributed by atoms with Gasteiger partial charge in [0.25, 0.3) is 5.91 Å². The lowest BCUT2D eigenvalue weighted by molar-refractivity contribution is 0.0717. The van der Waals surface area contributed by atoms with Crippen molar-refractivity contribution in [2.24, 2.45) is 0 Å². The van der Waals surface area contributed by atoms with Gasteiger partial charge >= 0.3 is 0 Å². The fourth-order valence-corrected chi connectivity index (χ4v) is 2.01. The molecule has 4 nitrogen and oxygen atoms in total. The average molecular weight is 276 g/mol. The Bertz CT molecular complexity index is 432. The summed E-state index contributed by atoms with van der Waals surface area (Å²) in [6, 6.07) is 7.76. The quantitative estimate of drug-likeness (QED) is 0.698. The van der Waals surface area contributed by atoms with Gasteiger partial charge in [-0.1, -0.05) is 24.3 Å². The van der Waals surface area contributed by atoms with Crippen LogP contribution >= 0.6 is 0 Å². The Morgan fingerprint density at radius 3 is 2.85 bits per heavy atom. The number of ether oxygens (including phenoxy) is 1. The zero-order chi connectivity index (χ0) is 14.8. The Morgan fingerprint density at radius 2 is 2.20 bits per heavy atom. The third kappa shape index (κ3) is 4.79. The Balaban J connectivity index is 2.89. The SMILES string of the molecule is C=CCN(CCOC)C(=O)c1ccccc1CCNC. The van der Waals surface area contributed by atoms with Gasteiger partial charge in [-0.2, -0.15) is 0 Å². The molecular weight excluding hydrogens is 252 g/mol. The fraction of sp³-hybridized carbons (Fsp3) is 0.438. The van der Waals surface area contributed by atoms with Gasteiger partial charge in [0.15, 0.2) is 0 Å². The number of nitrogens with one attached hydrogen (secondary N) is 1. The van der Waals surface area contributed by atoms with E-state index >= 15 is 0 Å². The van der Waals surface area contributed by atoms with Crippen molar-refractivity contribution in [1.29, 1.82) is 0 Å². The molecule has 0 heterocycles. The van der Waals surface area contributed by atoms with Crippen molar-refractivity contribution in [3.8, 4) is 0 Å². The van der Waals surface area contributed by atoms with E-state index in [4.69, 9.17) is 4.74 Å². The number of benzene rings is 1. The normalized spacial score (nSPS) is 10.3. The van der Waals surface area contributed by atoms with E-state index in [0.717, 1.165) is 24.1 Å². The molecule has 0 aliphatic rings. The number of methoxy groups -OCH3 is 1. The monoisotopic (exact) mass is 276 g/mol. The summed E-state index contributed by atoms with van der Waals surface area (Å²) in [6.07, 6.45) is 2.58. The maximum absolute atomic E-state index is 12.6. The van der Waals surface area contributed by atoms with Crippen molar-refractivity contribution in [1.82, 2.24) is 10.2 Å². The van der Waals surface area contributed by atoms with Gasteiger partial charge in [0.2, 0.25) is 0 Å². The summed E-state index contributed by atoms with van der Waals surface area (Å²) in [5, 5.41) is 3.11. The fourth-order valence-electron chi connectivity index (χ4n) is 2.01. The zero-order valence-corrected chi connectivity index (χ0v) is 12.4. The molecule has 0 atom stereocenters. The number of nitrogens with zero attached hydrogens (tertiary/aromatic N) is 1. The van der Waals surface area contributed by atoms with E-state index in [-0.39, 0.29) is 5.91 Å². The second-order valence-electron chi connectivity index (χ2n) is 4.54. The Morgan fingerprint density at radius 1 is 1.45 bits per heavy atom. The van der Waals surface area contributed by atoms with Crippen LogP contribution in [0, 0.1) is 0 Å². The highest BCUT2D eigenvalue weighted by Crippen LogP contribution is 2.12. The van der Waals surface area contributed by atoms with Gasteiger partial charge in [0.05, 0.1) is 6.61 Å². The van der Waals surface area contributed by atoms with Crippen molar-refractivity contribution in [3.05, 3.63) is 48.0 Å². The third-order valence-corrected chi connectivity index (χ3v) is 3.09. The second-order valence-corrected chi connectivity index (χ2v) is 4.54. The second kappa shape index (κ2) is 9.28. The lowest BCUT2D eigenvalue weighted by atomic mass is 10.0. The van der Waals surface area contributed by atoms with Crippen molar-refractivity contribution >= 4 is 5.91 Å². The molecule has 0 unspecified atom stereocenters. The molecule has 0 spiro atoms. The molecule has 0 saturated carbocycles. The maximum Gasteiger partial charge on any atom is 0.254 e. The van der Waals surface area contributed by atoms with Crippen LogP contribution in [-0.2, 0) is 11.2 Å². The first kappa shape index (κ1) is 16.4. The van der Waals surface area contributed by atoms with Gasteiger partial charge in [0, 0.05) is 25.8 Å². The van der Waals surface area contributed by atoms with Gasteiger partial charge in [-0.25, -0.2) is 0 Å². The summed E-state index contributed by atoms with van der Waals surface area (Å²) in [4.78, 5) is 14.4. The van der Waals surface area contributed by atoms with Gasteiger partial charge in [-0.15, -0.1) is 6.58 Å². The number of amides is 1. The van der Waals surface area contributed by atoms with E-state index in [1.54, 1.807) is 18.1 Å². The minimum Gasteiger partial charge on any atom is -0.383 e. The van der Waals surface area contributed by atoms with Crippen LogP contribution in [0.5, 0.6) is 0 Å². The Kier molecular flexibility index (Phi) is 7.62. The zero-order valence-electron chi connectivity index (χ0n) is 12.4. The minimum absolute atomic E-state index is 0.0358. The van der Waals surface area contributed by atoms with E-state index in [1.165, 1.54) is 0 Å². The van der Waals surface area contributed by atoms with Crippen LogP contribution in [-0.4, -0.2) is 51.2 Å². The van der Waals surface area contributed by atoms with E-state index in [0.29, 0.717) is 19.7 Å². The molecule has 1 N–H and O–H groups in total. The number of carbonyl (C=O) groups is 1. The summed E-state index contributed by atoms with van der Waals surface area (Å²) >= 11 is 0. The van der Waals surface area contributed by atoms with Crippen LogP contribution < -0.4 is 5.32 Å². The first-order valence-electron chi connectivity index (χ1n) is 6.86.